The third-order valence-corrected chi connectivity index (χ3v) is 3.58. The highest BCUT2D eigenvalue weighted by Crippen LogP contribution is 2.23. The van der Waals surface area contributed by atoms with Gasteiger partial charge in [0.2, 0.25) is 0 Å². The van der Waals surface area contributed by atoms with Crippen LogP contribution in [0.1, 0.15) is 32.1 Å². The number of hydrogen-bond acceptors (Lipinski definition) is 4. The van der Waals surface area contributed by atoms with Gasteiger partial charge < -0.3 is 14.5 Å². The van der Waals surface area contributed by atoms with E-state index in [9.17, 15) is 0 Å². The quantitative estimate of drug-likeness (QED) is 0.755. The van der Waals surface area contributed by atoms with Gasteiger partial charge in [-0.25, -0.2) is 4.98 Å². The molecule has 3 rings (SSSR count). The van der Waals surface area contributed by atoms with Crippen LogP contribution in [0, 0.1) is 0 Å². The molecule has 0 unspecified atom stereocenters. The molecular weight excluding hydrogens is 264 g/mol. The molecule has 1 aliphatic rings. The third kappa shape index (κ3) is 4.08. The van der Waals surface area contributed by atoms with Gasteiger partial charge in [-0.1, -0.05) is 0 Å². The number of nitrogens with zero attached hydrogens (tertiary/aromatic N) is 1. The van der Waals surface area contributed by atoms with Gasteiger partial charge in [0.15, 0.2) is 11.7 Å². The molecule has 2 aromatic rings. The van der Waals surface area contributed by atoms with E-state index in [0.717, 1.165) is 48.4 Å². The minimum Gasteiger partial charge on any atom is -0.494 e. The molecule has 1 saturated carbocycles. The van der Waals surface area contributed by atoms with Gasteiger partial charge in [0.1, 0.15) is 5.75 Å². The monoisotopic (exact) mass is 286 g/mol. The van der Waals surface area contributed by atoms with Crippen molar-refractivity contribution in [2.24, 2.45) is 0 Å². The summed E-state index contributed by atoms with van der Waals surface area (Å²) in [6.07, 6.45) is 6.43. The molecule has 4 nitrogen and oxygen atoms in total. The van der Waals surface area contributed by atoms with E-state index in [2.05, 4.69) is 10.3 Å². The normalized spacial score (nSPS) is 14.3. The lowest BCUT2D eigenvalue weighted by atomic mass is 10.2. The maximum atomic E-state index is 5.81. The van der Waals surface area contributed by atoms with Gasteiger partial charge in [0.25, 0.3) is 0 Å². The van der Waals surface area contributed by atoms with Crippen molar-refractivity contribution >= 4 is 0 Å². The molecule has 4 heteroatoms. The zero-order valence-electron chi connectivity index (χ0n) is 12.5. The predicted octanol–water partition coefficient (Wildman–Crippen LogP) is 3.42. The number of oxazole rings is 1. The van der Waals surface area contributed by atoms with Crippen molar-refractivity contribution in [3.05, 3.63) is 36.4 Å². The lowest BCUT2D eigenvalue weighted by molar-refractivity contribution is 0.340. The van der Waals surface area contributed by atoms with Crippen molar-refractivity contribution in [3.63, 3.8) is 0 Å². The highest BCUT2D eigenvalue weighted by atomic mass is 16.5. The Hall–Kier alpha value is -1.81. The minimum atomic E-state index is 0.681. The number of nitrogens with one attached hydrogen (secondary N) is 1. The van der Waals surface area contributed by atoms with Gasteiger partial charge >= 0.3 is 0 Å². The van der Waals surface area contributed by atoms with E-state index in [-0.39, 0.29) is 0 Å². The van der Waals surface area contributed by atoms with E-state index >= 15 is 0 Å². The SMILES string of the molecule is CCOc1ccc(-c2cnc(CCCNC3CC3)o2)cc1. The van der Waals surface area contributed by atoms with Crippen molar-refractivity contribution in [1.82, 2.24) is 10.3 Å². The zero-order valence-corrected chi connectivity index (χ0v) is 12.5. The number of hydrogen-bond donors (Lipinski definition) is 1. The van der Waals surface area contributed by atoms with Crippen LogP contribution in [-0.4, -0.2) is 24.2 Å². The molecule has 21 heavy (non-hydrogen) atoms. The minimum absolute atomic E-state index is 0.681. The molecule has 1 aliphatic carbocycles. The average molecular weight is 286 g/mol. The van der Waals surface area contributed by atoms with Crippen molar-refractivity contribution in [2.45, 2.75) is 38.6 Å². The van der Waals surface area contributed by atoms with Crippen molar-refractivity contribution in [2.75, 3.05) is 13.2 Å². The van der Waals surface area contributed by atoms with Crippen LogP contribution in [0.15, 0.2) is 34.9 Å². The summed E-state index contributed by atoms with van der Waals surface area (Å²) in [5.74, 6) is 2.52. The van der Waals surface area contributed by atoms with Crippen LogP contribution in [0.2, 0.25) is 0 Å². The Morgan fingerprint density at radius 1 is 1.29 bits per heavy atom. The first-order valence-corrected chi connectivity index (χ1v) is 7.76. The fraction of sp³-hybridized carbons (Fsp3) is 0.471. The van der Waals surface area contributed by atoms with Gasteiger partial charge in [-0.15, -0.1) is 0 Å². The molecule has 1 N–H and O–H groups in total. The standard InChI is InChI=1S/C17H22N2O2/c1-2-20-15-9-5-13(6-10-15)16-12-19-17(21-16)4-3-11-18-14-7-8-14/h5-6,9-10,12,14,18H,2-4,7-8,11H2,1H3. The molecule has 0 bridgehead atoms. The van der Waals surface area contributed by atoms with Gasteiger partial charge in [0, 0.05) is 18.0 Å². The first kappa shape index (κ1) is 14.1. The molecule has 0 aliphatic heterocycles. The molecule has 0 atom stereocenters. The summed E-state index contributed by atoms with van der Waals surface area (Å²) in [5.41, 5.74) is 1.04. The third-order valence-electron chi connectivity index (χ3n) is 3.58. The number of aryl methyl sites for hydroxylation is 1. The zero-order chi connectivity index (χ0) is 14.5. The Morgan fingerprint density at radius 3 is 2.81 bits per heavy atom. The smallest absolute Gasteiger partial charge is 0.194 e. The first-order valence-electron chi connectivity index (χ1n) is 7.76. The van der Waals surface area contributed by atoms with Crippen molar-refractivity contribution in [1.29, 1.82) is 0 Å². The molecule has 0 spiro atoms. The Kier molecular flexibility index (Phi) is 4.55. The Morgan fingerprint density at radius 2 is 2.10 bits per heavy atom. The lowest BCUT2D eigenvalue weighted by Gasteiger charge is -2.03. The molecule has 1 aromatic heterocycles. The first-order chi connectivity index (χ1) is 10.3. The van der Waals surface area contributed by atoms with Gasteiger partial charge in [-0.2, -0.15) is 0 Å². The van der Waals surface area contributed by atoms with Crippen LogP contribution < -0.4 is 10.1 Å². The molecule has 112 valence electrons. The maximum absolute atomic E-state index is 5.81. The molecular formula is C17H22N2O2. The largest absolute Gasteiger partial charge is 0.494 e. The lowest BCUT2D eigenvalue weighted by Crippen LogP contribution is -2.17. The summed E-state index contributed by atoms with van der Waals surface area (Å²) in [5, 5.41) is 3.50. The van der Waals surface area contributed by atoms with Crippen LogP contribution in [0.4, 0.5) is 0 Å². The molecule has 0 saturated heterocycles. The molecule has 1 heterocycles. The summed E-state index contributed by atoms with van der Waals surface area (Å²) < 4.78 is 11.3. The van der Waals surface area contributed by atoms with Crippen LogP contribution >= 0.6 is 0 Å². The predicted molar refractivity (Wildman–Crippen MR) is 82.5 cm³/mol. The van der Waals surface area contributed by atoms with E-state index < -0.39 is 0 Å². The van der Waals surface area contributed by atoms with Gasteiger partial charge in [-0.3, -0.25) is 0 Å². The molecule has 0 radical (unpaired) electrons. The summed E-state index contributed by atoms with van der Waals surface area (Å²) in [6.45, 7) is 3.71. The highest BCUT2D eigenvalue weighted by molar-refractivity contribution is 5.57. The number of aromatic nitrogens is 1. The number of rotatable bonds is 8. The Bertz CT molecular complexity index is 558. The van der Waals surface area contributed by atoms with Crippen LogP contribution in [0.25, 0.3) is 11.3 Å². The molecule has 0 amide bonds. The highest BCUT2D eigenvalue weighted by Gasteiger charge is 2.19. The molecule has 1 fully saturated rings. The number of ether oxygens (including phenoxy) is 1. The van der Waals surface area contributed by atoms with E-state index in [1.54, 1.807) is 6.20 Å². The topological polar surface area (TPSA) is 47.3 Å². The fourth-order valence-electron chi connectivity index (χ4n) is 2.27. The Labute approximate surface area is 125 Å². The number of benzene rings is 1. The van der Waals surface area contributed by atoms with E-state index in [1.807, 2.05) is 31.2 Å². The Balaban J connectivity index is 1.53. The van der Waals surface area contributed by atoms with E-state index in [0.29, 0.717) is 6.61 Å². The van der Waals surface area contributed by atoms with E-state index in [4.69, 9.17) is 9.15 Å². The van der Waals surface area contributed by atoms with Crippen molar-refractivity contribution in [3.8, 4) is 17.1 Å². The summed E-state index contributed by atoms with van der Waals surface area (Å²) in [7, 11) is 0. The van der Waals surface area contributed by atoms with Crippen LogP contribution in [0.3, 0.4) is 0 Å². The summed E-state index contributed by atoms with van der Waals surface area (Å²) >= 11 is 0. The van der Waals surface area contributed by atoms with Crippen molar-refractivity contribution < 1.29 is 9.15 Å². The fourth-order valence-corrected chi connectivity index (χ4v) is 2.27. The van der Waals surface area contributed by atoms with E-state index in [1.165, 1.54) is 12.8 Å². The summed E-state index contributed by atoms with van der Waals surface area (Å²) in [6, 6.07) is 8.70. The van der Waals surface area contributed by atoms with Crippen LogP contribution in [-0.2, 0) is 6.42 Å². The molecule has 1 aromatic carbocycles. The average Bonchev–Trinajstić information content (AvgIpc) is 3.21. The van der Waals surface area contributed by atoms with Gasteiger partial charge in [0.05, 0.1) is 12.8 Å². The second kappa shape index (κ2) is 6.76. The van der Waals surface area contributed by atoms with Gasteiger partial charge in [-0.05, 0) is 57.0 Å². The second-order valence-electron chi connectivity index (χ2n) is 5.41. The summed E-state index contributed by atoms with van der Waals surface area (Å²) in [4.78, 5) is 4.36. The second-order valence-corrected chi connectivity index (χ2v) is 5.41. The van der Waals surface area contributed by atoms with Crippen LogP contribution in [0.5, 0.6) is 5.75 Å². The maximum Gasteiger partial charge on any atom is 0.194 e.